The van der Waals surface area contributed by atoms with E-state index in [9.17, 15) is 14.4 Å². The summed E-state index contributed by atoms with van der Waals surface area (Å²) in [6, 6.07) is 0. The SMILES string of the molecule is CC\C=C/C=C\C=C/CCCCCCCC(=O)OC(COC(=O)CCCCCCC/C=C\CCCCC)COC(=O)CCCCCCCCCCCCCCCCC. The second kappa shape index (κ2) is 47.1. The first-order valence-electron chi connectivity index (χ1n) is 24.7. The maximum Gasteiger partial charge on any atom is 0.306 e. The number of hydrogen-bond donors (Lipinski definition) is 0. The summed E-state index contributed by atoms with van der Waals surface area (Å²) in [5.74, 6) is -0.908. The van der Waals surface area contributed by atoms with Crippen LogP contribution in [0.3, 0.4) is 0 Å². The van der Waals surface area contributed by atoms with E-state index in [2.05, 4.69) is 69.4 Å². The summed E-state index contributed by atoms with van der Waals surface area (Å²) in [6.07, 6.45) is 55.2. The first-order valence-corrected chi connectivity index (χ1v) is 24.7. The summed E-state index contributed by atoms with van der Waals surface area (Å²) in [5.41, 5.74) is 0. The molecule has 0 saturated carbocycles. The molecule has 0 aromatic heterocycles. The Hall–Kier alpha value is -2.63. The van der Waals surface area contributed by atoms with Crippen LogP contribution >= 0.6 is 0 Å². The zero-order valence-electron chi connectivity index (χ0n) is 38.3. The summed E-state index contributed by atoms with van der Waals surface area (Å²) in [7, 11) is 0. The van der Waals surface area contributed by atoms with E-state index in [1.165, 1.54) is 116 Å². The fourth-order valence-electron chi connectivity index (χ4n) is 6.91. The highest BCUT2D eigenvalue weighted by molar-refractivity contribution is 5.71. The average molecular weight is 813 g/mol. The Kier molecular flexibility index (Phi) is 44.9. The molecule has 0 saturated heterocycles. The molecule has 1 unspecified atom stereocenters. The molecule has 0 radical (unpaired) electrons. The van der Waals surface area contributed by atoms with E-state index in [4.69, 9.17) is 14.2 Å². The number of esters is 3. The Labute approximate surface area is 358 Å². The van der Waals surface area contributed by atoms with Gasteiger partial charge < -0.3 is 14.2 Å². The van der Waals surface area contributed by atoms with Gasteiger partial charge in [-0.15, -0.1) is 0 Å². The van der Waals surface area contributed by atoms with Gasteiger partial charge in [0, 0.05) is 19.3 Å². The monoisotopic (exact) mass is 813 g/mol. The summed E-state index contributed by atoms with van der Waals surface area (Å²) < 4.78 is 16.7. The fraction of sp³-hybridized carbons (Fsp3) is 0.788. The van der Waals surface area contributed by atoms with Crippen molar-refractivity contribution in [1.29, 1.82) is 0 Å². The van der Waals surface area contributed by atoms with E-state index in [1.54, 1.807) is 0 Å². The van der Waals surface area contributed by atoms with Crippen molar-refractivity contribution in [3.05, 3.63) is 48.6 Å². The third kappa shape index (κ3) is 44.5. The lowest BCUT2D eigenvalue weighted by Gasteiger charge is -2.18. The number of hydrogen-bond acceptors (Lipinski definition) is 6. The zero-order chi connectivity index (χ0) is 42.3. The summed E-state index contributed by atoms with van der Waals surface area (Å²) in [5, 5.41) is 0. The fourth-order valence-corrected chi connectivity index (χ4v) is 6.91. The normalized spacial score (nSPS) is 12.4. The molecule has 0 amide bonds. The molecule has 0 aromatic carbocycles. The molecule has 6 heteroatoms. The molecule has 0 aliphatic heterocycles. The van der Waals surface area contributed by atoms with Gasteiger partial charge in [0.15, 0.2) is 6.10 Å². The molecular formula is C52H92O6. The van der Waals surface area contributed by atoms with Crippen LogP contribution in [-0.2, 0) is 28.6 Å². The average Bonchev–Trinajstić information content (AvgIpc) is 3.22. The standard InChI is InChI=1S/C52H92O6/c1-4-7-10-13-16-19-22-25-26-28-30-33-36-39-42-45-51(54)57-48-49(47-56-50(53)44-41-38-35-32-29-24-21-18-15-12-9-6-3)58-52(55)46-43-40-37-34-31-27-23-20-17-14-11-8-5-2/h8,11,14,17-18,20-21,23,49H,4-7,9-10,12-13,15-16,19,22,24-48H2,1-3H3/b11-8-,17-14-,21-18-,23-20-. The molecule has 0 heterocycles. The maximum atomic E-state index is 12.7. The van der Waals surface area contributed by atoms with Gasteiger partial charge in [0.2, 0.25) is 0 Å². The molecule has 0 spiro atoms. The summed E-state index contributed by atoms with van der Waals surface area (Å²) in [4.78, 5) is 37.9. The van der Waals surface area contributed by atoms with Gasteiger partial charge in [0.05, 0.1) is 0 Å². The van der Waals surface area contributed by atoms with E-state index in [0.29, 0.717) is 19.3 Å². The lowest BCUT2D eigenvalue weighted by atomic mass is 10.0. The number of rotatable bonds is 44. The van der Waals surface area contributed by atoms with Crippen molar-refractivity contribution in [3.8, 4) is 0 Å². The Bertz CT molecular complexity index is 1030. The van der Waals surface area contributed by atoms with Crippen LogP contribution in [0.2, 0.25) is 0 Å². The van der Waals surface area contributed by atoms with Crippen molar-refractivity contribution in [3.63, 3.8) is 0 Å². The Morgan fingerprint density at radius 3 is 1.12 bits per heavy atom. The second-order valence-electron chi connectivity index (χ2n) is 16.4. The van der Waals surface area contributed by atoms with Crippen molar-refractivity contribution in [1.82, 2.24) is 0 Å². The van der Waals surface area contributed by atoms with E-state index >= 15 is 0 Å². The summed E-state index contributed by atoms with van der Waals surface area (Å²) >= 11 is 0. The molecule has 0 aromatic rings. The maximum absolute atomic E-state index is 12.7. The van der Waals surface area contributed by atoms with Crippen LogP contribution in [0.4, 0.5) is 0 Å². The topological polar surface area (TPSA) is 78.9 Å². The number of ether oxygens (including phenoxy) is 3. The number of allylic oxidation sites excluding steroid dienone is 8. The van der Waals surface area contributed by atoms with Crippen molar-refractivity contribution in [2.24, 2.45) is 0 Å². The minimum absolute atomic E-state index is 0.0821. The van der Waals surface area contributed by atoms with Crippen LogP contribution in [0.1, 0.15) is 245 Å². The van der Waals surface area contributed by atoms with E-state index in [0.717, 1.165) is 89.9 Å². The van der Waals surface area contributed by atoms with Gasteiger partial charge in [-0.1, -0.05) is 211 Å². The first-order chi connectivity index (χ1) is 28.5. The Morgan fingerprint density at radius 1 is 0.362 bits per heavy atom. The Morgan fingerprint density at radius 2 is 0.690 bits per heavy atom. The highest BCUT2D eigenvalue weighted by Gasteiger charge is 2.19. The minimum atomic E-state index is -0.783. The van der Waals surface area contributed by atoms with Crippen LogP contribution in [0.15, 0.2) is 48.6 Å². The molecule has 336 valence electrons. The third-order valence-corrected chi connectivity index (χ3v) is 10.6. The first kappa shape index (κ1) is 55.4. The smallest absolute Gasteiger partial charge is 0.306 e. The number of carbonyl (C=O) groups is 3. The quantitative estimate of drug-likeness (QED) is 0.0200. The largest absolute Gasteiger partial charge is 0.462 e. The predicted octanol–water partition coefficient (Wildman–Crippen LogP) is 15.9. The van der Waals surface area contributed by atoms with Gasteiger partial charge in [-0.2, -0.15) is 0 Å². The molecule has 58 heavy (non-hydrogen) atoms. The van der Waals surface area contributed by atoms with E-state index in [1.807, 2.05) is 0 Å². The van der Waals surface area contributed by atoms with Gasteiger partial charge >= 0.3 is 17.9 Å². The van der Waals surface area contributed by atoms with Crippen molar-refractivity contribution >= 4 is 17.9 Å². The molecule has 0 aliphatic rings. The van der Waals surface area contributed by atoms with Crippen LogP contribution in [0, 0.1) is 0 Å². The Balaban J connectivity index is 4.39. The molecule has 6 nitrogen and oxygen atoms in total. The van der Waals surface area contributed by atoms with Crippen LogP contribution in [-0.4, -0.2) is 37.2 Å². The van der Waals surface area contributed by atoms with Gasteiger partial charge in [0.25, 0.3) is 0 Å². The highest BCUT2D eigenvalue weighted by Crippen LogP contribution is 2.15. The molecule has 0 aliphatic carbocycles. The molecule has 0 bridgehead atoms. The zero-order valence-corrected chi connectivity index (χ0v) is 38.3. The van der Waals surface area contributed by atoms with Crippen molar-refractivity contribution in [2.45, 2.75) is 252 Å². The minimum Gasteiger partial charge on any atom is -0.462 e. The van der Waals surface area contributed by atoms with Crippen LogP contribution < -0.4 is 0 Å². The lowest BCUT2D eigenvalue weighted by molar-refractivity contribution is -0.167. The molecular weight excluding hydrogens is 721 g/mol. The van der Waals surface area contributed by atoms with Crippen molar-refractivity contribution < 1.29 is 28.6 Å². The second-order valence-corrected chi connectivity index (χ2v) is 16.4. The number of unbranched alkanes of at least 4 members (excludes halogenated alkanes) is 27. The van der Waals surface area contributed by atoms with Crippen molar-refractivity contribution in [2.75, 3.05) is 13.2 Å². The summed E-state index contributed by atoms with van der Waals surface area (Å²) in [6.45, 7) is 6.46. The van der Waals surface area contributed by atoms with Gasteiger partial charge in [-0.3, -0.25) is 14.4 Å². The molecule has 1 atom stereocenters. The van der Waals surface area contributed by atoms with Crippen LogP contribution in [0.25, 0.3) is 0 Å². The number of carbonyl (C=O) groups excluding carboxylic acids is 3. The highest BCUT2D eigenvalue weighted by atomic mass is 16.6. The molecule has 0 rings (SSSR count). The predicted molar refractivity (Wildman–Crippen MR) is 247 cm³/mol. The molecule has 0 fully saturated rings. The van der Waals surface area contributed by atoms with Gasteiger partial charge in [-0.05, 0) is 64.2 Å². The van der Waals surface area contributed by atoms with E-state index < -0.39 is 6.10 Å². The van der Waals surface area contributed by atoms with Gasteiger partial charge in [0.1, 0.15) is 13.2 Å². The van der Waals surface area contributed by atoms with Gasteiger partial charge in [-0.25, -0.2) is 0 Å². The van der Waals surface area contributed by atoms with E-state index in [-0.39, 0.29) is 31.1 Å². The molecule has 0 N–H and O–H groups in total. The third-order valence-electron chi connectivity index (χ3n) is 10.6. The lowest BCUT2D eigenvalue weighted by Crippen LogP contribution is -2.30. The van der Waals surface area contributed by atoms with Crippen LogP contribution in [0.5, 0.6) is 0 Å².